The van der Waals surface area contributed by atoms with Gasteiger partial charge in [0.25, 0.3) is 0 Å². The molecule has 1 aromatic heterocycles. The molecule has 3 rings (SSSR count). The van der Waals surface area contributed by atoms with Gasteiger partial charge in [0.15, 0.2) is 11.6 Å². The Labute approximate surface area is 137 Å². The summed E-state index contributed by atoms with van der Waals surface area (Å²) in [6, 6.07) is 2.81. The van der Waals surface area contributed by atoms with E-state index in [2.05, 4.69) is 4.98 Å². The third-order valence-corrected chi connectivity index (χ3v) is 4.44. The van der Waals surface area contributed by atoms with Crippen molar-refractivity contribution in [2.24, 2.45) is 0 Å². The number of ether oxygens (including phenoxy) is 3. The van der Waals surface area contributed by atoms with E-state index in [1.807, 2.05) is 6.92 Å². The van der Waals surface area contributed by atoms with E-state index in [1.54, 1.807) is 6.20 Å². The average Bonchev–Trinajstić information content (AvgIpc) is 3.20. The van der Waals surface area contributed by atoms with Crippen LogP contribution < -0.4 is 4.74 Å². The monoisotopic (exact) mass is 337 g/mol. The number of carbonyl (C=O) groups is 1. The molecule has 1 aliphatic rings. The first-order chi connectivity index (χ1) is 11.1. The van der Waals surface area contributed by atoms with E-state index in [1.165, 1.54) is 30.6 Å². The third kappa shape index (κ3) is 3.35. The van der Waals surface area contributed by atoms with Crippen LogP contribution in [0.25, 0.3) is 10.6 Å². The molecule has 0 N–H and O–H groups in total. The van der Waals surface area contributed by atoms with Gasteiger partial charge in [-0.1, -0.05) is 0 Å². The number of esters is 1. The zero-order valence-electron chi connectivity index (χ0n) is 12.8. The third-order valence-electron chi connectivity index (χ3n) is 3.49. The van der Waals surface area contributed by atoms with Crippen LogP contribution in [-0.2, 0) is 9.47 Å². The lowest BCUT2D eigenvalue weighted by molar-refractivity contribution is 0.0599. The lowest BCUT2D eigenvalue weighted by atomic mass is 10.1. The lowest BCUT2D eigenvalue weighted by Crippen LogP contribution is -2.17. The minimum Gasteiger partial charge on any atom is -0.485 e. The van der Waals surface area contributed by atoms with Gasteiger partial charge in [0, 0.05) is 17.5 Å². The number of thiazole rings is 1. The lowest BCUT2D eigenvalue weighted by Gasteiger charge is -2.15. The molecular formula is C16H16FNO4S. The Morgan fingerprint density at radius 2 is 2.30 bits per heavy atom. The Bertz CT molecular complexity index is 725. The summed E-state index contributed by atoms with van der Waals surface area (Å²) in [6.45, 7) is 2.88. The second-order valence-electron chi connectivity index (χ2n) is 5.21. The highest BCUT2D eigenvalue weighted by molar-refractivity contribution is 7.14. The van der Waals surface area contributed by atoms with E-state index in [4.69, 9.17) is 14.2 Å². The van der Waals surface area contributed by atoms with Crippen LogP contribution >= 0.6 is 11.3 Å². The molecular weight excluding hydrogens is 321 g/mol. The molecule has 122 valence electrons. The highest BCUT2D eigenvalue weighted by Crippen LogP contribution is 2.34. The zero-order valence-corrected chi connectivity index (χ0v) is 13.6. The molecule has 1 aromatic carbocycles. The fourth-order valence-corrected chi connectivity index (χ4v) is 3.11. The van der Waals surface area contributed by atoms with Crippen molar-refractivity contribution in [3.05, 3.63) is 34.6 Å². The molecule has 0 aliphatic carbocycles. The number of aryl methyl sites for hydroxylation is 1. The van der Waals surface area contributed by atoms with Gasteiger partial charge in [-0.15, -0.1) is 11.3 Å². The van der Waals surface area contributed by atoms with Crippen LogP contribution in [0.2, 0.25) is 0 Å². The van der Waals surface area contributed by atoms with Gasteiger partial charge in [0.05, 0.1) is 31.5 Å². The number of nitrogens with zero attached hydrogens (tertiary/aromatic N) is 1. The standard InChI is InChI=1S/C16H16FNO4S/c1-9-7-18-15(23-9)12-5-10(16(19)20-2)6-13(14(12)17)22-11-3-4-21-8-11/h5-7,11H,3-4,8H2,1-2H3/t11-/m1/s1. The fraction of sp³-hybridized carbons (Fsp3) is 0.375. The minimum absolute atomic E-state index is 0.0197. The first-order valence-corrected chi connectivity index (χ1v) is 7.99. The van der Waals surface area contributed by atoms with Gasteiger partial charge in [-0.05, 0) is 19.1 Å². The largest absolute Gasteiger partial charge is 0.485 e. The van der Waals surface area contributed by atoms with E-state index in [-0.39, 0.29) is 23.0 Å². The first kappa shape index (κ1) is 15.9. The molecule has 0 bridgehead atoms. The van der Waals surface area contributed by atoms with Crippen molar-refractivity contribution in [3.63, 3.8) is 0 Å². The van der Waals surface area contributed by atoms with Crippen molar-refractivity contribution in [2.45, 2.75) is 19.4 Å². The van der Waals surface area contributed by atoms with Crippen LogP contribution in [-0.4, -0.2) is 37.4 Å². The molecule has 0 saturated carbocycles. The minimum atomic E-state index is -0.549. The van der Waals surface area contributed by atoms with Crippen molar-refractivity contribution in [3.8, 4) is 16.3 Å². The molecule has 2 heterocycles. The number of aromatic nitrogens is 1. The van der Waals surface area contributed by atoms with Crippen LogP contribution in [0.15, 0.2) is 18.3 Å². The molecule has 1 aliphatic heterocycles. The van der Waals surface area contributed by atoms with Crippen LogP contribution in [0, 0.1) is 12.7 Å². The van der Waals surface area contributed by atoms with E-state index in [0.717, 1.165) is 4.88 Å². The molecule has 7 heteroatoms. The smallest absolute Gasteiger partial charge is 0.338 e. The van der Waals surface area contributed by atoms with Gasteiger partial charge in [0.2, 0.25) is 0 Å². The predicted octanol–water partition coefficient (Wildman–Crippen LogP) is 3.21. The number of halogens is 1. The molecule has 1 fully saturated rings. The maximum atomic E-state index is 14.8. The van der Waals surface area contributed by atoms with Crippen LogP contribution in [0.3, 0.4) is 0 Å². The summed E-state index contributed by atoms with van der Waals surface area (Å²) in [7, 11) is 1.28. The highest BCUT2D eigenvalue weighted by atomic mass is 32.1. The number of hydrogen-bond acceptors (Lipinski definition) is 6. The average molecular weight is 337 g/mol. The molecule has 0 spiro atoms. The molecule has 1 atom stereocenters. The SMILES string of the molecule is COC(=O)c1cc(O[C@@H]2CCOC2)c(F)c(-c2ncc(C)s2)c1. The van der Waals surface area contributed by atoms with E-state index < -0.39 is 11.8 Å². The molecule has 2 aromatic rings. The Morgan fingerprint density at radius 3 is 2.91 bits per heavy atom. The van der Waals surface area contributed by atoms with Crippen LogP contribution in [0.1, 0.15) is 21.7 Å². The topological polar surface area (TPSA) is 57.7 Å². The molecule has 5 nitrogen and oxygen atoms in total. The highest BCUT2D eigenvalue weighted by Gasteiger charge is 2.23. The predicted molar refractivity (Wildman–Crippen MR) is 83.4 cm³/mol. The molecule has 0 unspecified atom stereocenters. The normalized spacial score (nSPS) is 17.3. The van der Waals surface area contributed by atoms with E-state index >= 15 is 0 Å². The van der Waals surface area contributed by atoms with Crippen LogP contribution in [0.4, 0.5) is 4.39 Å². The summed E-state index contributed by atoms with van der Waals surface area (Å²) in [4.78, 5) is 17.0. The zero-order chi connectivity index (χ0) is 16.4. The number of hydrogen-bond donors (Lipinski definition) is 0. The summed E-state index contributed by atoms with van der Waals surface area (Å²) in [5.74, 6) is -1.06. The number of rotatable bonds is 4. The fourth-order valence-electron chi connectivity index (χ4n) is 2.34. The van der Waals surface area contributed by atoms with Gasteiger partial charge in [0.1, 0.15) is 11.1 Å². The molecule has 1 saturated heterocycles. The van der Waals surface area contributed by atoms with Gasteiger partial charge in [-0.2, -0.15) is 0 Å². The van der Waals surface area contributed by atoms with Crippen molar-refractivity contribution in [1.29, 1.82) is 0 Å². The number of methoxy groups -OCH3 is 1. The maximum Gasteiger partial charge on any atom is 0.338 e. The molecule has 23 heavy (non-hydrogen) atoms. The van der Waals surface area contributed by atoms with Crippen molar-refractivity contribution in [1.82, 2.24) is 4.98 Å². The van der Waals surface area contributed by atoms with Gasteiger partial charge in [-0.25, -0.2) is 14.2 Å². The van der Waals surface area contributed by atoms with Crippen molar-refractivity contribution >= 4 is 17.3 Å². The Balaban J connectivity index is 2.04. The van der Waals surface area contributed by atoms with E-state index in [9.17, 15) is 9.18 Å². The van der Waals surface area contributed by atoms with Gasteiger partial charge >= 0.3 is 5.97 Å². The summed E-state index contributed by atoms with van der Waals surface area (Å²) in [6.07, 6.45) is 2.13. The van der Waals surface area contributed by atoms with Crippen LogP contribution in [0.5, 0.6) is 5.75 Å². The van der Waals surface area contributed by atoms with Gasteiger partial charge < -0.3 is 14.2 Å². The second kappa shape index (κ2) is 6.64. The summed E-state index contributed by atoms with van der Waals surface area (Å²) in [5.41, 5.74) is 0.464. The quantitative estimate of drug-likeness (QED) is 0.802. The summed E-state index contributed by atoms with van der Waals surface area (Å²) in [5, 5.41) is 0.498. The van der Waals surface area contributed by atoms with E-state index in [0.29, 0.717) is 24.6 Å². The Hall–Kier alpha value is -1.99. The maximum absolute atomic E-state index is 14.8. The Morgan fingerprint density at radius 1 is 1.48 bits per heavy atom. The van der Waals surface area contributed by atoms with Gasteiger partial charge in [-0.3, -0.25) is 0 Å². The Kier molecular flexibility index (Phi) is 4.58. The molecule has 0 amide bonds. The first-order valence-electron chi connectivity index (χ1n) is 7.17. The van der Waals surface area contributed by atoms with Crippen molar-refractivity contribution < 1.29 is 23.4 Å². The number of carbonyl (C=O) groups excluding carboxylic acids is 1. The second-order valence-corrected chi connectivity index (χ2v) is 6.44. The summed E-state index contributed by atoms with van der Waals surface area (Å²) < 4.78 is 30.5. The summed E-state index contributed by atoms with van der Waals surface area (Å²) >= 11 is 1.35. The molecule has 0 radical (unpaired) electrons. The number of benzene rings is 1. The van der Waals surface area contributed by atoms with Crippen molar-refractivity contribution in [2.75, 3.05) is 20.3 Å².